The summed E-state index contributed by atoms with van der Waals surface area (Å²) < 4.78 is 13.6. The molecular formula is C12H13ClFNO. The summed E-state index contributed by atoms with van der Waals surface area (Å²) in [5, 5.41) is 0.291. The van der Waals surface area contributed by atoms with Crippen molar-refractivity contribution in [3.63, 3.8) is 0 Å². The third-order valence-electron chi connectivity index (χ3n) is 2.31. The van der Waals surface area contributed by atoms with Crippen molar-refractivity contribution >= 4 is 17.4 Å². The zero-order valence-corrected chi connectivity index (χ0v) is 9.72. The Morgan fingerprint density at radius 1 is 1.62 bits per heavy atom. The van der Waals surface area contributed by atoms with E-state index in [4.69, 9.17) is 17.3 Å². The number of allylic oxidation sites excluding steroid dienone is 1. The molecule has 1 atom stereocenters. The van der Waals surface area contributed by atoms with Gasteiger partial charge >= 0.3 is 0 Å². The van der Waals surface area contributed by atoms with Crippen LogP contribution in [0.25, 0.3) is 0 Å². The molecule has 1 rings (SSSR count). The van der Waals surface area contributed by atoms with Crippen LogP contribution in [-0.4, -0.2) is 12.3 Å². The van der Waals surface area contributed by atoms with Gasteiger partial charge < -0.3 is 5.73 Å². The second-order valence-electron chi connectivity index (χ2n) is 3.60. The summed E-state index contributed by atoms with van der Waals surface area (Å²) in [7, 11) is 0. The van der Waals surface area contributed by atoms with Gasteiger partial charge in [-0.1, -0.05) is 24.2 Å². The summed E-state index contributed by atoms with van der Waals surface area (Å²) >= 11 is 5.63. The van der Waals surface area contributed by atoms with Gasteiger partial charge in [0.05, 0.1) is 5.92 Å². The molecule has 1 aromatic carbocycles. The Labute approximate surface area is 98.9 Å². The number of carbonyl (C=O) groups excluding carboxylic acids is 1. The number of hydrogen-bond donors (Lipinski definition) is 1. The lowest BCUT2D eigenvalue weighted by molar-refractivity contribution is -0.116. The van der Waals surface area contributed by atoms with E-state index < -0.39 is 11.7 Å². The quantitative estimate of drug-likeness (QED) is 0.824. The molecule has 16 heavy (non-hydrogen) atoms. The van der Waals surface area contributed by atoms with Crippen molar-refractivity contribution in [3.05, 3.63) is 46.8 Å². The highest BCUT2D eigenvalue weighted by atomic mass is 35.5. The Kier molecular flexibility index (Phi) is 4.21. The van der Waals surface area contributed by atoms with Crippen molar-refractivity contribution in [1.29, 1.82) is 0 Å². The fraction of sp³-hybridized carbons (Fsp3) is 0.250. The molecule has 0 spiro atoms. The molecule has 0 aliphatic rings. The lowest BCUT2D eigenvalue weighted by Gasteiger charge is -2.14. The topological polar surface area (TPSA) is 43.1 Å². The van der Waals surface area contributed by atoms with Crippen molar-refractivity contribution in [2.24, 2.45) is 5.73 Å². The van der Waals surface area contributed by atoms with E-state index in [2.05, 4.69) is 6.58 Å². The third-order valence-corrected chi connectivity index (χ3v) is 2.55. The van der Waals surface area contributed by atoms with Crippen molar-refractivity contribution in [3.8, 4) is 0 Å². The van der Waals surface area contributed by atoms with E-state index in [0.29, 0.717) is 10.6 Å². The smallest absolute Gasteiger partial charge is 0.166 e. The lowest BCUT2D eigenvalue weighted by atomic mass is 9.91. The molecule has 2 N–H and O–H groups in total. The normalized spacial score (nSPS) is 12.2. The summed E-state index contributed by atoms with van der Waals surface area (Å²) in [5.41, 5.74) is 6.12. The van der Waals surface area contributed by atoms with Crippen molar-refractivity contribution < 1.29 is 9.18 Å². The second kappa shape index (κ2) is 5.23. The molecule has 0 unspecified atom stereocenters. The highest BCUT2D eigenvalue weighted by Crippen LogP contribution is 2.24. The third kappa shape index (κ3) is 2.68. The van der Waals surface area contributed by atoms with Gasteiger partial charge in [-0.25, -0.2) is 4.39 Å². The van der Waals surface area contributed by atoms with E-state index in [9.17, 15) is 9.18 Å². The van der Waals surface area contributed by atoms with Crippen LogP contribution >= 0.6 is 11.6 Å². The predicted octanol–water partition coefficient (Wildman–Crippen LogP) is 2.67. The van der Waals surface area contributed by atoms with Gasteiger partial charge in [0.15, 0.2) is 5.78 Å². The standard InChI is InChI=1S/C12H13ClFNO/c1-7(2)12(16)10(6-15)9-4-3-8(13)5-11(9)14/h3-5,10H,1,6,15H2,2H3/t10-/m1/s1. The summed E-state index contributed by atoms with van der Waals surface area (Å²) in [4.78, 5) is 11.7. The van der Waals surface area contributed by atoms with Crippen LogP contribution in [0.2, 0.25) is 5.02 Å². The highest BCUT2D eigenvalue weighted by molar-refractivity contribution is 6.30. The number of Topliss-reactive ketones (excluding diaryl/α,β-unsaturated/α-hetero) is 1. The van der Waals surface area contributed by atoms with Crippen molar-refractivity contribution in [1.82, 2.24) is 0 Å². The van der Waals surface area contributed by atoms with Crippen LogP contribution in [0, 0.1) is 5.82 Å². The monoisotopic (exact) mass is 241 g/mol. The van der Waals surface area contributed by atoms with Crippen molar-refractivity contribution in [2.75, 3.05) is 6.54 Å². The van der Waals surface area contributed by atoms with E-state index in [-0.39, 0.29) is 17.9 Å². The SMILES string of the molecule is C=C(C)C(=O)[C@H](CN)c1ccc(Cl)cc1F. The minimum Gasteiger partial charge on any atom is -0.329 e. The van der Waals surface area contributed by atoms with Crippen molar-refractivity contribution in [2.45, 2.75) is 12.8 Å². The molecule has 0 saturated heterocycles. The molecular weight excluding hydrogens is 229 g/mol. The minimum atomic E-state index is -0.685. The average Bonchev–Trinajstić information content (AvgIpc) is 2.21. The van der Waals surface area contributed by atoms with Crippen LogP contribution in [0.15, 0.2) is 30.4 Å². The molecule has 2 nitrogen and oxygen atoms in total. The minimum absolute atomic E-state index is 0.0459. The fourth-order valence-electron chi connectivity index (χ4n) is 1.46. The molecule has 0 aromatic heterocycles. The summed E-state index contributed by atoms with van der Waals surface area (Å²) in [6.07, 6.45) is 0. The van der Waals surface area contributed by atoms with Gasteiger partial charge in [0.25, 0.3) is 0 Å². The zero-order chi connectivity index (χ0) is 12.3. The Balaban J connectivity index is 3.14. The molecule has 1 aromatic rings. The van der Waals surface area contributed by atoms with E-state index in [1.54, 1.807) is 6.92 Å². The lowest BCUT2D eigenvalue weighted by Crippen LogP contribution is -2.23. The van der Waals surface area contributed by atoms with Gasteiger partial charge in [0.1, 0.15) is 5.82 Å². The molecule has 4 heteroatoms. The molecule has 0 heterocycles. The van der Waals surface area contributed by atoms with E-state index in [0.717, 1.165) is 0 Å². The first-order chi connectivity index (χ1) is 7.47. The Morgan fingerprint density at radius 2 is 2.25 bits per heavy atom. The number of carbonyl (C=O) groups is 1. The molecule has 0 aliphatic carbocycles. The van der Waals surface area contributed by atoms with Gasteiger partial charge in [-0.2, -0.15) is 0 Å². The maximum absolute atomic E-state index is 13.6. The van der Waals surface area contributed by atoms with Gasteiger partial charge in [-0.15, -0.1) is 0 Å². The number of halogens is 2. The molecule has 0 aliphatic heterocycles. The number of nitrogens with two attached hydrogens (primary N) is 1. The first kappa shape index (κ1) is 12.9. The highest BCUT2D eigenvalue weighted by Gasteiger charge is 2.22. The fourth-order valence-corrected chi connectivity index (χ4v) is 1.62. The van der Waals surface area contributed by atoms with E-state index >= 15 is 0 Å². The number of hydrogen-bond acceptors (Lipinski definition) is 2. The summed E-state index contributed by atoms with van der Waals surface area (Å²) in [6, 6.07) is 4.19. The Morgan fingerprint density at radius 3 is 2.69 bits per heavy atom. The van der Waals surface area contributed by atoms with Crippen LogP contribution in [0.1, 0.15) is 18.4 Å². The summed E-state index contributed by atoms with van der Waals surface area (Å²) in [5.74, 6) is -1.45. The van der Waals surface area contributed by atoms with E-state index in [1.807, 2.05) is 0 Å². The molecule has 86 valence electrons. The van der Waals surface area contributed by atoms with Crippen LogP contribution in [0.4, 0.5) is 4.39 Å². The molecule has 0 amide bonds. The first-order valence-electron chi connectivity index (χ1n) is 4.82. The van der Waals surface area contributed by atoms with Crippen LogP contribution < -0.4 is 5.73 Å². The van der Waals surface area contributed by atoms with Crippen LogP contribution in [-0.2, 0) is 4.79 Å². The van der Waals surface area contributed by atoms with Gasteiger partial charge in [0, 0.05) is 17.1 Å². The maximum Gasteiger partial charge on any atom is 0.166 e. The Bertz CT molecular complexity index is 431. The second-order valence-corrected chi connectivity index (χ2v) is 4.04. The van der Waals surface area contributed by atoms with Crippen LogP contribution in [0.5, 0.6) is 0 Å². The maximum atomic E-state index is 13.6. The number of rotatable bonds is 4. The molecule has 0 bridgehead atoms. The molecule has 0 fully saturated rings. The molecule has 0 saturated carbocycles. The largest absolute Gasteiger partial charge is 0.329 e. The van der Waals surface area contributed by atoms with Crippen LogP contribution in [0.3, 0.4) is 0 Å². The van der Waals surface area contributed by atoms with E-state index in [1.165, 1.54) is 18.2 Å². The predicted molar refractivity (Wildman–Crippen MR) is 63.0 cm³/mol. The van der Waals surface area contributed by atoms with Gasteiger partial charge in [-0.05, 0) is 24.6 Å². The first-order valence-corrected chi connectivity index (χ1v) is 5.20. The van der Waals surface area contributed by atoms with Gasteiger partial charge in [-0.3, -0.25) is 4.79 Å². The number of benzene rings is 1. The van der Waals surface area contributed by atoms with Gasteiger partial charge in [0.2, 0.25) is 0 Å². The number of ketones is 1. The summed E-state index contributed by atoms with van der Waals surface area (Å²) in [6.45, 7) is 5.17. The average molecular weight is 242 g/mol. The molecule has 0 radical (unpaired) electrons. The zero-order valence-electron chi connectivity index (χ0n) is 8.97. The Hall–Kier alpha value is -1.19.